The predicted octanol–water partition coefficient (Wildman–Crippen LogP) is 4.76. The molecule has 1 unspecified atom stereocenters. The molecule has 12 heteroatoms. The summed E-state index contributed by atoms with van der Waals surface area (Å²) < 4.78 is 6.04. The van der Waals surface area contributed by atoms with E-state index in [-0.39, 0.29) is 77.1 Å². The summed E-state index contributed by atoms with van der Waals surface area (Å²) in [4.78, 5) is 64.3. The van der Waals surface area contributed by atoms with E-state index in [2.05, 4.69) is 5.32 Å². The molecule has 0 aliphatic heterocycles. The van der Waals surface area contributed by atoms with Crippen molar-refractivity contribution in [3.05, 3.63) is 66.0 Å². The predicted molar refractivity (Wildman–Crippen MR) is 189 cm³/mol. The number of unbranched alkanes of at least 4 members (excludes halogenated alkanes) is 1. The number of aliphatic hydroxyl groups excluding tert-OH is 2. The summed E-state index contributed by atoms with van der Waals surface area (Å²) in [5.74, 6) is -3.27. The van der Waals surface area contributed by atoms with Gasteiger partial charge in [-0.2, -0.15) is 0 Å². The molecule has 12 nitrogen and oxygen atoms in total. The Morgan fingerprint density at radius 2 is 1.38 bits per heavy atom. The first-order valence-electron chi connectivity index (χ1n) is 16.4. The number of ether oxygens (including phenoxy) is 1. The number of aromatic hydroxyl groups is 1. The van der Waals surface area contributed by atoms with Crippen LogP contribution in [0.25, 0.3) is 49.2 Å². The van der Waals surface area contributed by atoms with Crippen molar-refractivity contribution in [2.75, 3.05) is 19.0 Å². The molecule has 1 aliphatic carbocycles. The van der Waals surface area contributed by atoms with Gasteiger partial charge in [-0.05, 0) is 89.9 Å². The van der Waals surface area contributed by atoms with E-state index in [4.69, 9.17) is 4.74 Å². The van der Waals surface area contributed by atoms with Gasteiger partial charge >= 0.3 is 11.9 Å². The Morgan fingerprint density at radius 3 is 1.94 bits per heavy atom. The monoisotopic (exact) mass is 683 g/mol. The number of phenols is 1. The van der Waals surface area contributed by atoms with Crippen molar-refractivity contribution in [1.82, 2.24) is 0 Å². The summed E-state index contributed by atoms with van der Waals surface area (Å²) >= 11 is 0. The quantitative estimate of drug-likeness (QED) is 0.0532. The first kappa shape index (κ1) is 34.5. The van der Waals surface area contributed by atoms with Crippen LogP contribution in [-0.2, 0) is 34.0 Å². The number of Topliss-reactive ketones (excluding diaryl/α,β-unsaturated/α-hetero) is 1. The number of hydrogen-bond donors (Lipinski definition) is 6. The standard InChI is InChI=1S/C38H37NO11/c1-16-11-21-20(7-4-5-8-24(45)46)37(49)31-23(44)13-19(15-41)27-28-18(14-40)12-22(43)30-33(28)34(29(21)32(27)31)35(26(16)17(2)42)38(50-3)36(30)39-10-6-9-25(47)48/h11-13,26,39-41,49H,4-10,14-15H2,1-3H3,(H,45,46)(H,47,48). The van der Waals surface area contributed by atoms with Crippen molar-refractivity contribution in [2.45, 2.75) is 71.5 Å². The molecular weight excluding hydrogens is 646 g/mol. The fourth-order valence-corrected chi connectivity index (χ4v) is 7.97. The Bertz CT molecular complexity index is 2400. The van der Waals surface area contributed by atoms with E-state index < -0.39 is 41.9 Å². The molecule has 5 aromatic rings. The van der Waals surface area contributed by atoms with E-state index >= 15 is 0 Å². The molecule has 260 valence electrons. The normalized spacial score (nSPS) is 14.2. The molecule has 0 fully saturated rings. The molecule has 0 saturated carbocycles. The van der Waals surface area contributed by atoms with Gasteiger partial charge in [-0.25, -0.2) is 0 Å². The smallest absolute Gasteiger partial charge is 0.303 e. The summed E-state index contributed by atoms with van der Waals surface area (Å²) in [6.07, 6.45) is 2.59. The molecule has 50 heavy (non-hydrogen) atoms. The number of fused-ring (bicyclic) bond motifs is 1. The van der Waals surface area contributed by atoms with Crippen molar-refractivity contribution in [2.24, 2.45) is 0 Å². The average Bonchev–Trinajstić information content (AvgIpc) is 3.19. The summed E-state index contributed by atoms with van der Waals surface area (Å²) in [5.41, 5.74) is 1.44. The Labute approximate surface area is 284 Å². The van der Waals surface area contributed by atoms with Crippen LogP contribution in [-0.4, -0.2) is 56.9 Å². The maximum absolute atomic E-state index is 14.2. The fraction of sp³-hybridized carbons (Fsp3) is 0.342. The van der Waals surface area contributed by atoms with Crippen molar-refractivity contribution in [3.8, 4) is 11.5 Å². The fourth-order valence-electron chi connectivity index (χ4n) is 7.97. The molecular formula is C38H37NO11. The minimum absolute atomic E-state index is 0.0359. The highest BCUT2D eigenvalue weighted by atomic mass is 16.5. The van der Waals surface area contributed by atoms with Gasteiger partial charge in [-0.1, -0.05) is 11.6 Å². The maximum Gasteiger partial charge on any atom is 0.303 e. The van der Waals surface area contributed by atoms with Crippen molar-refractivity contribution >= 4 is 72.6 Å². The Kier molecular flexibility index (Phi) is 9.10. The zero-order chi connectivity index (χ0) is 36.2. The molecule has 0 amide bonds. The van der Waals surface area contributed by atoms with Gasteiger partial charge in [0.2, 0.25) is 0 Å². The number of hydrogen-bond acceptors (Lipinski definition) is 10. The summed E-state index contributed by atoms with van der Waals surface area (Å²) in [7, 11) is 1.40. The van der Waals surface area contributed by atoms with E-state index in [9.17, 15) is 49.5 Å². The summed E-state index contributed by atoms with van der Waals surface area (Å²) in [5, 5.41) is 57.3. The van der Waals surface area contributed by atoms with E-state index in [0.29, 0.717) is 67.4 Å². The number of allylic oxidation sites excluding steroid dienone is 1. The van der Waals surface area contributed by atoms with Crippen LogP contribution in [0, 0.1) is 0 Å². The molecule has 1 atom stereocenters. The number of carbonyl (C=O) groups excluding carboxylic acids is 1. The highest BCUT2D eigenvalue weighted by Crippen LogP contribution is 2.56. The molecule has 0 radical (unpaired) electrons. The van der Waals surface area contributed by atoms with Crippen LogP contribution < -0.4 is 20.9 Å². The van der Waals surface area contributed by atoms with Crippen molar-refractivity contribution in [1.29, 1.82) is 0 Å². The van der Waals surface area contributed by atoms with Gasteiger partial charge < -0.3 is 35.6 Å². The second-order valence-corrected chi connectivity index (χ2v) is 12.9. The second kappa shape index (κ2) is 13.2. The molecule has 0 bridgehead atoms. The lowest BCUT2D eigenvalue weighted by Crippen LogP contribution is -2.17. The topological polar surface area (TPSA) is 208 Å². The molecule has 1 aliphatic rings. The Hall–Kier alpha value is -5.33. The average molecular weight is 684 g/mol. The highest BCUT2D eigenvalue weighted by molar-refractivity contribution is 6.39. The molecule has 0 heterocycles. The van der Waals surface area contributed by atoms with E-state index in [1.807, 2.05) is 0 Å². The second-order valence-electron chi connectivity index (χ2n) is 12.9. The van der Waals surface area contributed by atoms with Gasteiger partial charge in [0.05, 0.1) is 42.7 Å². The minimum atomic E-state index is -0.995. The zero-order valence-corrected chi connectivity index (χ0v) is 27.9. The van der Waals surface area contributed by atoms with Crippen molar-refractivity contribution in [3.63, 3.8) is 0 Å². The third-order valence-electron chi connectivity index (χ3n) is 9.86. The van der Waals surface area contributed by atoms with Gasteiger partial charge in [0.25, 0.3) is 0 Å². The van der Waals surface area contributed by atoms with Gasteiger partial charge in [-0.15, -0.1) is 0 Å². The van der Waals surface area contributed by atoms with Crippen LogP contribution in [0.1, 0.15) is 79.7 Å². The number of phenolic OH excluding ortho intramolecular Hbond substituents is 1. The van der Waals surface area contributed by atoms with Gasteiger partial charge in [0.15, 0.2) is 10.9 Å². The highest BCUT2D eigenvalue weighted by Gasteiger charge is 2.36. The summed E-state index contributed by atoms with van der Waals surface area (Å²) in [6.45, 7) is 2.16. The first-order chi connectivity index (χ1) is 23.9. The minimum Gasteiger partial charge on any atom is -0.507 e. The lowest BCUT2D eigenvalue weighted by atomic mass is 9.78. The van der Waals surface area contributed by atoms with E-state index in [0.717, 1.165) is 0 Å². The number of nitrogens with one attached hydrogen (secondary N) is 1. The van der Waals surface area contributed by atoms with Gasteiger partial charge in [-0.3, -0.25) is 24.0 Å². The molecule has 0 aromatic heterocycles. The number of carboxylic acid groups (broad SMARTS) is 2. The molecule has 6 N–H and O–H groups in total. The third kappa shape index (κ3) is 5.26. The number of anilines is 1. The maximum atomic E-state index is 14.2. The number of aliphatic hydroxyl groups is 2. The van der Waals surface area contributed by atoms with E-state index in [1.54, 1.807) is 13.0 Å². The Morgan fingerprint density at radius 1 is 0.800 bits per heavy atom. The number of carbonyl (C=O) groups is 3. The van der Waals surface area contributed by atoms with Crippen LogP contribution in [0.4, 0.5) is 5.69 Å². The number of methoxy groups -OCH3 is 1. The van der Waals surface area contributed by atoms with Crippen LogP contribution >= 0.6 is 0 Å². The zero-order valence-electron chi connectivity index (χ0n) is 27.9. The number of aliphatic carboxylic acids is 2. The van der Waals surface area contributed by atoms with Gasteiger partial charge in [0.1, 0.15) is 17.3 Å². The van der Waals surface area contributed by atoms with Gasteiger partial charge in [0, 0.05) is 41.3 Å². The SMILES string of the molecule is COc1c(NCCCC(=O)O)c2c(=O)cc(CO)c3c4c(CO)cc(=O)c5c(O)c(CCCCC(=O)O)c6c(c(c1C(C(C)=O)C(C)=C6)c23)c54. The molecule has 0 spiro atoms. The largest absolute Gasteiger partial charge is 0.507 e. The molecule has 5 aromatic carbocycles. The lowest BCUT2D eigenvalue weighted by Gasteiger charge is -2.27. The van der Waals surface area contributed by atoms with Crippen molar-refractivity contribution < 1.29 is 44.7 Å². The number of benzene rings is 5. The molecule has 0 saturated heterocycles. The number of ketones is 1. The van der Waals surface area contributed by atoms with E-state index in [1.165, 1.54) is 26.2 Å². The third-order valence-corrected chi connectivity index (χ3v) is 9.86. The first-order valence-corrected chi connectivity index (χ1v) is 16.4. The van der Waals surface area contributed by atoms with Crippen LogP contribution in [0.5, 0.6) is 11.5 Å². The Balaban J connectivity index is 1.94. The number of carboxylic acids is 2. The van der Waals surface area contributed by atoms with Crippen LogP contribution in [0.15, 0.2) is 27.3 Å². The molecule has 6 rings (SSSR count). The summed E-state index contributed by atoms with van der Waals surface area (Å²) in [6, 6.07) is 2.50. The number of rotatable bonds is 14. The van der Waals surface area contributed by atoms with Crippen LogP contribution in [0.3, 0.4) is 0 Å². The lowest BCUT2D eigenvalue weighted by molar-refractivity contribution is -0.138. The van der Waals surface area contributed by atoms with Crippen LogP contribution in [0.2, 0.25) is 0 Å².